The van der Waals surface area contributed by atoms with Crippen LogP contribution in [0.4, 0.5) is 0 Å². The van der Waals surface area contributed by atoms with E-state index in [1.165, 1.54) is 122 Å². The molecule has 0 rings (SSSR count). The molecule has 0 heterocycles. The summed E-state index contributed by atoms with van der Waals surface area (Å²) in [4.78, 5) is 38.4. The number of ether oxygens (including phenoxy) is 3. The fourth-order valence-electron chi connectivity index (χ4n) is 9.08. The van der Waals surface area contributed by atoms with Crippen LogP contribution in [0.2, 0.25) is 0 Å². The van der Waals surface area contributed by atoms with Gasteiger partial charge in [-0.1, -0.05) is 295 Å². The minimum atomic E-state index is -0.831. The highest BCUT2D eigenvalue weighted by molar-refractivity contribution is 5.71. The normalized spacial score (nSPS) is 13.1. The second kappa shape index (κ2) is 68.8. The fourth-order valence-corrected chi connectivity index (χ4v) is 9.08. The molecule has 0 aromatic heterocycles. The number of allylic oxidation sites excluding steroid dienone is 24. The average molecular weight is 1130 g/mol. The van der Waals surface area contributed by atoms with Gasteiger partial charge in [0.2, 0.25) is 0 Å². The van der Waals surface area contributed by atoms with Gasteiger partial charge in [-0.3, -0.25) is 14.4 Å². The molecule has 0 N–H and O–H groups in total. The third kappa shape index (κ3) is 66.1. The highest BCUT2D eigenvalue weighted by Gasteiger charge is 2.19. The molecule has 1 unspecified atom stereocenters. The lowest BCUT2D eigenvalue weighted by Gasteiger charge is -2.18. The van der Waals surface area contributed by atoms with Crippen molar-refractivity contribution in [2.24, 2.45) is 0 Å². The Kier molecular flexibility index (Phi) is 64.8. The molecular weight excluding hydrogens is 1010 g/mol. The van der Waals surface area contributed by atoms with E-state index in [2.05, 4.69) is 161 Å². The van der Waals surface area contributed by atoms with E-state index < -0.39 is 12.1 Å². The fraction of sp³-hybridized carbons (Fsp3) is 0.645. The highest BCUT2D eigenvalue weighted by Crippen LogP contribution is 2.16. The lowest BCUT2D eigenvalue weighted by atomic mass is 10.0. The zero-order chi connectivity index (χ0) is 59.2. The molecule has 1 atom stereocenters. The van der Waals surface area contributed by atoms with E-state index in [-0.39, 0.29) is 31.6 Å². The number of hydrogen-bond acceptors (Lipinski definition) is 6. The average Bonchev–Trinajstić information content (AvgIpc) is 3.47. The maximum Gasteiger partial charge on any atom is 0.306 e. The van der Waals surface area contributed by atoms with Crippen LogP contribution in [0.5, 0.6) is 0 Å². The molecular formula is C76H124O6. The molecule has 0 aromatic carbocycles. The molecule has 0 bridgehead atoms. The van der Waals surface area contributed by atoms with Crippen LogP contribution >= 0.6 is 0 Å². The molecule has 0 saturated heterocycles. The van der Waals surface area contributed by atoms with E-state index in [1.807, 2.05) is 6.08 Å². The van der Waals surface area contributed by atoms with Crippen LogP contribution in [-0.4, -0.2) is 37.2 Å². The number of esters is 3. The summed E-state index contributed by atoms with van der Waals surface area (Å²) in [5, 5.41) is 0. The summed E-state index contributed by atoms with van der Waals surface area (Å²) in [7, 11) is 0. The number of unbranched alkanes of at least 4 members (excludes halogenated alkanes) is 25. The van der Waals surface area contributed by atoms with Crippen LogP contribution in [0.1, 0.15) is 297 Å². The molecule has 0 aliphatic carbocycles. The van der Waals surface area contributed by atoms with Crippen molar-refractivity contribution in [2.45, 2.75) is 303 Å². The number of rotatable bonds is 60. The van der Waals surface area contributed by atoms with Crippen molar-refractivity contribution in [3.8, 4) is 0 Å². The van der Waals surface area contributed by atoms with Crippen LogP contribution in [0, 0.1) is 0 Å². The third-order valence-corrected chi connectivity index (χ3v) is 14.1. The van der Waals surface area contributed by atoms with Crippen LogP contribution in [0.15, 0.2) is 146 Å². The predicted octanol–water partition coefficient (Wildman–Crippen LogP) is 23.5. The summed E-state index contributed by atoms with van der Waals surface area (Å²) in [5.41, 5.74) is 0. The van der Waals surface area contributed by atoms with Crippen LogP contribution in [-0.2, 0) is 28.6 Å². The topological polar surface area (TPSA) is 78.9 Å². The molecule has 0 fully saturated rings. The van der Waals surface area contributed by atoms with Crippen molar-refractivity contribution in [2.75, 3.05) is 13.2 Å². The van der Waals surface area contributed by atoms with E-state index in [9.17, 15) is 14.4 Å². The second-order valence-corrected chi connectivity index (χ2v) is 22.0. The lowest BCUT2D eigenvalue weighted by Crippen LogP contribution is -2.30. The van der Waals surface area contributed by atoms with Crippen molar-refractivity contribution in [1.29, 1.82) is 0 Å². The Morgan fingerprint density at radius 2 is 0.500 bits per heavy atom. The molecule has 0 aliphatic heterocycles. The van der Waals surface area contributed by atoms with Gasteiger partial charge in [-0.15, -0.1) is 0 Å². The number of hydrogen-bond donors (Lipinski definition) is 0. The van der Waals surface area contributed by atoms with E-state index in [1.54, 1.807) is 0 Å². The molecule has 0 saturated carbocycles. The maximum absolute atomic E-state index is 12.9. The first-order chi connectivity index (χ1) is 40.5. The SMILES string of the molecule is CC/C=C\C/C=C\C/C=C\C/C=C\C/C=C\C/C=C\CCC(=O)OC(COC(=O)CCCCCCC/C=C\C/C=C\CCCCCC)COC(=O)CCCCCCCCCCCCCCCCCC/C=C\C/C=C\C/C=C\C/C=C\CC. The molecule has 6 heteroatoms. The van der Waals surface area contributed by atoms with Crippen molar-refractivity contribution in [1.82, 2.24) is 0 Å². The van der Waals surface area contributed by atoms with Crippen molar-refractivity contribution < 1.29 is 28.6 Å². The summed E-state index contributed by atoms with van der Waals surface area (Å²) >= 11 is 0. The molecule has 0 aromatic rings. The highest BCUT2D eigenvalue weighted by atomic mass is 16.6. The molecule has 0 aliphatic rings. The Balaban J connectivity index is 4.39. The molecule has 464 valence electrons. The lowest BCUT2D eigenvalue weighted by molar-refractivity contribution is -0.166. The third-order valence-electron chi connectivity index (χ3n) is 14.1. The van der Waals surface area contributed by atoms with Gasteiger partial charge in [0.05, 0.1) is 0 Å². The first kappa shape index (κ1) is 77.3. The Morgan fingerprint density at radius 3 is 0.793 bits per heavy atom. The van der Waals surface area contributed by atoms with Crippen LogP contribution < -0.4 is 0 Å². The first-order valence-corrected chi connectivity index (χ1v) is 33.8. The summed E-state index contributed by atoms with van der Waals surface area (Å²) in [6.07, 6.45) is 98.8. The van der Waals surface area contributed by atoms with E-state index in [0.29, 0.717) is 19.3 Å². The zero-order valence-corrected chi connectivity index (χ0v) is 53.2. The maximum atomic E-state index is 12.9. The molecule has 82 heavy (non-hydrogen) atoms. The molecule has 0 radical (unpaired) electrons. The minimum Gasteiger partial charge on any atom is -0.462 e. The monoisotopic (exact) mass is 1130 g/mol. The Morgan fingerprint density at radius 1 is 0.256 bits per heavy atom. The van der Waals surface area contributed by atoms with E-state index >= 15 is 0 Å². The van der Waals surface area contributed by atoms with Gasteiger partial charge in [-0.05, 0) is 128 Å². The van der Waals surface area contributed by atoms with E-state index in [0.717, 1.165) is 128 Å². The van der Waals surface area contributed by atoms with Gasteiger partial charge < -0.3 is 14.2 Å². The predicted molar refractivity (Wildman–Crippen MR) is 357 cm³/mol. The second-order valence-electron chi connectivity index (χ2n) is 22.0. The van der Waals surface area contributed by atoms with Gasteiger partial charge in [0, 0.05) is 19.3 Å². The van der Waals surface area contributed by atoms with Gasteiger partial charge in [0.1, 0.15) is 13.2 Å². The van der Waals surface area contributed by atoms with Crippen LogP contribution in [0.3, 0.4) is 0 Å². The Labute approximate surface area is 506 Å². The largest absolute Gasteiger partial charge is 0.462 e. The van der Waals surface area contributed by atoms with Gasteiger partial charge >= 0.3 is 17.9 Å². The van der Waals surface area contributed by atoms with Crippen molar-refractivity contribution >= 4 is 17.9 Å². The summed E-state index contributed by atoms with van der Waals surface area (Å²) in [6, 6.07) is 0. The number of carbonyl (C=O) groups excluding carboxylic acids is 3. The number of carbonyl (C=O) groups is 3. The minimum absolute atomic E-state index is 0.116. The molecule has 0 amide bonds. The van der Waals surface area contributed by atoms with Gasteiger partial charge in [-0.25, -0.2) is 0 Å². The van der Waals surface area contributed by atoms with Gasteiger partial charge in [-0.2, -0.15) is 0 Å². The zero-order valence-electron chi connectivity index (χ0n) is 53.2. The van der Waals surface area contributed by atoms with Gasteiger partial charge in [0.15, 0.2) is 6.10 Å². The molecule has 0 spiro atoms. The van der Waals surface area contributed by atoms with Crippen molar-refractivity contribution in [3.63, 3.8) is 0 Å². The Hall–Kier alpha value is -4.71. The molecule has 6 nitrogen and oxygen atoms in total. The summed E-state index contributed by atoms with van der Waals surface area (Å²) in [5.74, 6) is -1.01. The summed E-state index contributed by atoms with van der Waals surface area (Å²) < 4.78 is 16.9. The van der Waals surface area contributed by atoms with Crippen molar-refractivity contribution in [3.05, 3.63) is 146 Å². The van der Waals surface area contributed by atoms with Crippen LogP contribution in [0.25, 0.3) is 0 Å². The quantitative estimate of drug-likeness (QED) is 0.0261. The smallest absolute Gasteiger partial charge is 0.306 e. The van der Waals surface area contributed by atoms with Gasteiger partial charge in [0.25, 0.3) is 0 Å². The Bertz CT molecular complexity index is 1780. The van der Waals surface area contributed by atoms with E-state index in [4.69, 9.17) is 14.2 Å². The first-order valence-electron chi connectivity index (χ1n) is 33.8. The summed E-state index contributed by atoms with van der Waals surface area (Å²) in [6.45, 7) is 6.34. The standard InChI is InChI=1S/C76H124O6/c1-4-7-10-13-16-19-22-25-28-31-33-34-35-36-37-38-39-40-41-42-44-45-48-51-54-57-60-63-66-69-75(78)81-72-73(71-80-74(77)68-65-62-59-56-53-50-47-30-27-24-21-18-15-12-9-6-3)82-76(79)70-67-64-61-58-55-52-49-46-43-32-29-26-23-20-17-14-11-8-5-2/h7-8,10-11,16-17,19-21,24-26,28-30,33-34,43,46-47,52,55,61,64,73H,4-6,9,12-15,18,22-23,27,31-32,35-42,44-45,48-51,53-54,56-60,62-63,65-72H2,1-3H3/b10-7-,11-8-,19-16-,20-17-,24-21-,28-25-,29-26-,34-33-,46-43-,47-30-,55-52-,64-61-.